The highest BCUT2D eigenvalue weighted by atomic mass is 16.3. The topological polar surface area (TPSA) is 56.3 Å². The number of fused-ring (bicyclic) bond motifs is 3. The summed E-state index contributed by atoms with van der Waals surface area (Å²) in [5.41, 5.74) is 4.75. The SMILES string of the molecule is CC1CCc2[nH]c3ccc(C(=O)N4CCCC4CCCO)cc3c2C1. The zero-order valence-corrected chi connectivity index (χ0v) is 15.1. The Bertz CT molecular complexity index is 780. The van der Waals surface area contributed by atoms with Crippen LogP contribution < -0.4 is 0 Å². The van der Waals surface area contributed by atoms with Crippen molar-refractivity contribution in [3.63, 3.8) is 0 Å². The number of nitrogens with zero attached hydrogens (tertiary/aromatic N) is 1. The summed E-state index contributed by atoms with van der Waals surface area (Å²) in [7, 11) is 0. The summed E-state index contributed by atoms with van der Waals surface area (Å²) in [4.78, 5) is 18.7. The molecule has 0 spiro atoms. The van der Waals surface area contributed by atoms with Crippen molar-refractivity contribution in [3.8, 4) is 0 Å². The van der Waals surface area contributed by atoms with Crippen LogP contribution in [0.2, 0.25) is 0 Å². The average molecular weight is 340 g/mol. The minimum absolute atomic E-state index is 0.154. The van der Waals surface area contributed by atoms with Crippen LogP contribution in [0.3, 0.4) is 0 Å². The fourth-order valence-corrected chi connectivity index (χ4v) is 4.62. The predicted octanol–water partition coefficient (Wildman–Crippen LogP) is 3.67. The lowest BCUT2D eigenvalue weighted by molar-refractivity contribution is 0.0724. The van der Waals surface area contributed by atoms with Gasteiger partial charge in [-0.1, -0.05) is 6.92 Å². The van der Waals surface area contributed by atoms with Gasteiger partial charge in [-0.3, -0.25) is 4.79 Å². The number of hydrogen-bond acceptors (Lipinski definition) is 2. The van der Waals surface area contributed by atoms with Crippen LogP contribution in [0.5, 0.6) is 0 Å². The molecule has 1 fully saturated rings. The Kier molecular flexibility index (Phi) is 4.55. The predicted molar refractivity (Wildman–Crippen MR) is 99.9 cm³/mol. The number of aliphatic hydroxyl groups is 1. The third-order valence-electron chi connectivity index (χ3n) is 6.01. The molecule has 2 aromatic rings. The van der Waals surface area contributed by atoms with E-state index in [2.05, 4.69) is 24.0 Å². The Morgan fingerprint density at radius 3 is 3.08 bits per heavy atom. The lowest BCUT2D eigenvalue weighted by Crippen LogP contribution is -2.35. The summed E-state index contributed by atoms with van der Waals surface area (Å²) in [6.07, 6.45) is 7.27. The molecule has 25 heavy (non-hydrogen) atoms. The number of likely N-dealkylation sites (tertiary alicyclic amines) is 1. The third kappa shape index (κ3) is 3.08. The molecule has 2 N–H and O–H groups in total. The molecule has 1 saturated heterocycles. The number of aromatic nitrogens is 1. The van der Waals surface area contributed by atoms with E-state index in [1.807, 2.05) is 11.0 Å². The van der Waals surface area contributed by atoms with Crippen molar-refractivity contribution in [1.82, 2.24) is 9.88 Å². The monoisotopic (exact) mass is 340 g/mol. The molecule has 4 nitrogen and oxygen atoms in total. The van der Waals surface area contributed by atoms with Crippen LogP contribution in [-0.4, -0.2) is 40.1 Å². The molecule has 2 unspecified atom stereocenters. The third-order valence-corrected chi connectivity index (χ3v) is 6.01. The van der Waals surface area contributed by atoms with Gasteiger partial charge in [0.25, 0.3) is 5.91 Å². The smallest absolute Gasteiger partial charge is 0.254 e. The molecule has 2 heterocycles. The second kappa shape index (κ2) is 6.83. The zero-order valence-electron chi connectivity index (χ0n) is 15.1. The molecule has 4 rings (SSSR count). The lowest BCUT2D eigenvalue weighted by Gasteiger charge is -2.25. The zero-order chi connectivity index (χ0) is 17.4. The van der Waals surface area contributed by atoms with Crippen molar-refractivity contribution in [2.75, 3.05) is 13.2 Å². The minimum atomic E-state index is 0.154. The van der Waals surface area contributed by atoms with E-state index in [4.69, 9.17) is 5.11 Å². The summed E-state index contributed by atoms with van der Waals surface area (Å²) in [5.74, 6) is 0.869. The van der Waals surface area contributed by atoms with Crippen molar-refractivity contribution >= 4 is 16.8 Å². The van der Waals surface area contributed by atoms with Gasteiger partial charge >= 0.3 is 0 Å². The Labute approximate surface area is 149 Å². The second-order valence-corrected chi connectivity index (χ2v) is 7.85. The van der Waals surface area contributed by atoms with Gasteiger partial charge in [-0.25, -0.2) is 0 Å². The van der Waals surface area contributed by atoms with Crippen molar-refractivity contribution in [1.29, 1.82) is 0 Å². The number of carbonyl (C=O) groups is 1. The number of benzene rings is 1. The first-order chi connectivity index (χ1) is 12.2. The number of carbonyl (C=O) groups excluding carboxylic acids is 1. The molecule has 0 saturated carbocycles. The van der Waals surface area contributed by atoms with E-state index in [1.165, 1.54) is 23.1 Å². The highest BCUT2D eigenvalue weighted by Gasteiger charge is 2.29. The highest BCUT2D eigenvalue weighted by Crippen LogP contribution is 2.33. The van der Waals surface area contributed by atoms with Crippen LogP contribution in [0.4, 0.5) is 0 Å². The number of aromatic amines is 1. The van der Waals surface area contributed by atoms with E-state index in [0.29, 0.717) is 5.92 Å². The number of aliphatic hydroxyl groups excluding tert-OH is 1. The van der Waals surface area contributed by atoms with E-state index in [9.17, 15) is 4.79 Å². The van der Waals surface area contributed by atoms with Gasteiger partial charge in [-0.2, -0.15) is 0 Å². The number of hydrogen-bond donors (Lipinski definition) is 2. The van der Waals surface area contributed by atoms with Gasteiger partial charge in [-0.05, 0) is 74.6 Å². The maximum Gasteiger partial charge on any atom is 0.254 e. The van der Waals surface area contributed by atoms with Crippen LogP contribution in [0.25, 0.3) is 10.9 Å². The van der Waals surface area contributed by atoms with Gasteiger partial charge in [0.15, 0.2) is 0 Å². The Morgan fingerprint density at radius 1 is 1.36 bits per heavy atom. The molecule has 2 atom stereocenters. The first kappa shape index (κ1) is 16.6. The van der Waals surface area contributed by atoms with E-state index in [0.717, 1.165) is 56.1 Å². The quantitative estimate of drug-likeness (QED) is 0.892. The van der Waals surface area contributed by atoms with Gasteiger partial charge < -0.3 is 15.0 Å². The molecule has 0 radical (unpaired) electrons. The number of rotatable bonds is 4. The van der Waals surface area contributed by atoms with Gasteiger partial charge in [0.1, 0.15) is 0 Å². The molecule has 1 aliphatic heterocycles. The standard InChI is InChI=1S/C21H28N2O2/c1-14-6-8-19-17(12-14)18-13-15(7-9-20(18)22-19)21(25)23-10-2-4-16(23)5-3-11-24/h7,9,13-14,16,22,24H,2-6,8,10-12H2,1H3. The maximum absolute atomic E-state index is 13.1. The molecular formula is C21H28N2O2. The van der Waals surface area contributed by atoms with Gasteiger partial charge in [-0.15, -0.1) is 0 Å². The largest absolute Gasteiger partial charge is 0.396 e. The Morgan fingerprint density at radius 2 is 2.24 bits per heavy atom. The average Bonchev–Trinajstić information content (AvgIpc) is 3.23. The molecule has 134 valence electrons. The van der Waals surface area contributed by atoms with Gasteiger partial charge in [0.05, 0.1) is 0 Å². The molecule has 1 aromatic heterocycles. The normalized spacial score (nSPS) is 23.2. The van der Waals surface area contributed by atoms with E-state index in [1.54, 1.807) is 0 Å². The van der Waals surface area contributed by atoms with Crippen molar-refractivity contribution in [2.24, 2.45) is 5.92 Å². The van der Waals surface area contributed by atoms with Crippen LogP contribution >= 0.6 is 0 Å². The number of H-pyrrole nitrogens is 1. The Balaban J connectivity index is 1.62. The number of amides is 1. The second-order valence-electron chi connectivity index (χ2n) is 7.85. The first-order valence-electron chi connectivity index (χ1n) is 9.72. The van der Waals surface area contributed by atoms with Gasteiger partial charge in [0, 0.05) is 41.4 Å². The summed E-state index contributed by atoms with van der Waals surface area (Å²) in [6.45, 7) is 3.36. The summed E-state index contributed by atoms with van der Waals surface area (Å²) in [6, 6.07) is 6.43. The fourth-order valence-electron chi connectivity index (χ4n) is 4.62. The number of nitrogens with one attached hydrogen (secondary N) is 1. The number of aryl methyl sites for hydroxylation is 1. The van der Waals surface area contributed by atoms with Crippen LogP contribution in [0.1, 0.15) is 60.6 Å². The molecule has 2 aliphatic rings. The van der Waals surface area contributed by atoms with E-state index in [-0.39, 0.29) is 18.6 Å². The minimum Gasteiger partial charge on any atom is -0.396 e. The molecular weight excluding hydrogens is 312 g/mol. The summed E-state index contributed by atoms with van der Waals surface area (Å²) < 4.78 is 0. The molecule has 1 aliphatic carbocycles. The van der Waals surface area contributed by atoms with Crippen molar-refractivity contribution in [3.05, 3.63) is 35.0 Å². The molecule has 0 bridgehead atoms. The first-order valence-corrected chi connectivity index (χ1v) is 9.72. The fraction of sp³-hybridized carbons (Fsp3) is 0.571. The lowest BCUT2D eigenvalue weighted by atomic mass is 9.87. The summed E-state index contributed by atoms with van der Waals surface area (Å²) >= 11 is 0. The molecule has 1 aromatic carbocycles. The van der Waals surface area contributed by atoms with Crippen molar-refractivity contribution in [2.45, 2.75) is 57.9 Å². The Hall–Kier alpha value is -1.81. The van der Waals surface area contributed by atoms with Crippen LogP contribution in [-0.2, 0) is 12.8 Å². The van der Waals surface area contributed by atoms with Crippen molar-refractivity contribution < 1.29 is 9.90 Å². The van der Waals surface area contributed by atoms with Gasteiger partial charge in [0.2, 0.25) is 0 Å². The molecule has 4 heteroatoms. The van der Waals surface area contributed by atoms with E-state index < -0.39 is 0 Å². The maximum atomic E-state index is 13.1. The highest BCUT2D eigenvalue weighted by molar-refractivity contribution is 5.99. The summed E-state index contributed by atoms with van der Waals surface area (Å²) in [5, 5.41) is 10.3. The van der Waals surface area contributed by atoms with E-state index >= 15 is 0 Å². The molecule has 1 amide bonds. The van der Waals surface area contributed by atoms with Crippen LogP contribution in [0, 0.1) is 5.92 Å². The van der Waals surface area contributed by atoms with Crippen LogP contribution in [0.15, 0.2) is 18.2 Å².